The van der Waals surface area contributed by atoms with E-state index in [1.54, 1.807) is 17.0 Å². The normalized spacial score (nSPS) is 16.2. The number of rotatable bonds is 11. The van der Waals surface area contributed by atoms with E-state index in [4.69, 9.17) is 9.47 Å². The number of ether oxygens (including phenoxy) is 2. The Bertz CT molecular complexity index is 1190. The Morgan fingerprint density at radius 2 is 1.78 bits per heavy atom. The molecule has 0 unspecified atom stereocenters. The first kappa shape index (κ1) is 31.9. The maximum Gasteiger partial charge on any atom is 0.410 e. The zero-order chi connectivity index (χ0) is 30.2. The Kier molecular flexibility index (Phi) is 10.7. The molecule has 41 heavy (non-hydrogen) atoms. The molecule has 224 valence electrons. The molecule has 0 bridgehead atoms. The summed E-state index contributed by atoms with van der Waals surface area (Å²) in [5.41, 5.74) is 1.17. The number of benzene rings is 2. The van der Waals surface area contributed by atoms with Crippen molar-refractivity contribution in [2.45, 2.75) is 91.6 Å². The van der Waals surface area contributed by atoms with E-state index in [-0.39, 0.29) is 48.3 Å². The molecule has 0 radical (unpaired) electrons. The van der Waals surface area contributed by atoms with Crippen LogP contribution >= 0.6 is 0 Å². The van der Waals surface area contributed by atoms with E-state index in [2.05, 4.69) is 10.6 Å². The number of esters is 1. The van der Waals surface area contributed by atoms with E-state index in [0.717, 1.165) is 24.0 Å². The van der Waals surface area contributed by atoms with Crippen LogP contribution in [0.15, 0.2) is 48.5 Å². The predicted molar refractivity (Wildman–Crippen MR) is 158 cm³/mol. The number of nitrogens with zero attached hydrogens (tertiary/aromatic N) is 2. The number of carbonyl (C=O) groups is 2. The highest BCUT2D eigenvalue weighted by Gasteiger charge is 2.32. The molecule has 0 aliphatic carbocycles. The minimum atomic E-state index is -0.589. The third-order valence-electron chi connectivity index (χ3n) is 7.00. The van der Waals surface area contributed by atoms with Crippen LogP contribution in [-0.2, 0) is 27.4 Å². The number of anilines is 1. The average molecular weight is 569 g/mol. The average Bonchev–Trinajstić information content (AvgIpc) is 3.37. The smallest absolute Gasteiger partial charge is 0.410 e. The minimum Gasteiger partial charge on any atom is -0.461 e. The van der Waals surface area contributed by atoms with Gasteiger partial charge in [0, 0.05) is 31.7 Å². The van der Waals surface area contributed by atoms with Crippen molar-refractivity contribution in [2.75, 3.05) is 18.4 Å². The van der Waals surface area contributed by atoms with Crippen molar-refractivity contribution in [3.05, 3.63) is 69.8 Å². The van der Waals surface area contributed by atoms with Crippen LogP contribution in [0.5, 0.6) is 0 Å². The van der Waals surface area contributed by atoms with E-state index in [1.807, 2.05) is 77.9 Å². The molecule has 1 saturated heterocycles. The van der Waals surface area contributed by atoms with E-state index in [9.17, 15) is 19.7 Å². The molecule has 1 aliphatic heterocycles. The Morgan fingerprint density at radius 1 is 1.07 bits per heavy atom. The van der Waals surface area contributed by atoms with Gasteiger partial charge in [-0.25, -0.2) is 4.79 Å². The van der Waals surface area contributed by atoms with Crippen molar-refractivity contribution < 1.29 is 24.0 Å². The maximum absolute atomic E-state index is 12.6. The molecule has 2 N–H and O–H groups in total. The Morgan fingerprint density at radius 3 is 2.41 bits per heavy atom. The molecule has 1 heterocycles. The topological polar surface area (TPSA) is 123 Å². The summed E-state index contributed by atoms with van der Waals surface area (Å²) in [5, 5.41) is 18.5. The number of hydrogen-bond acceptors (Lipinski definition) is 8. The summed E-state index contributed by atoms with van der Waals surface area (Å²) in [6.45, 7) is 13.1. The third-order valence-corrected chi connectivity index (χ3v) is 7.00. The Balaban J connectivity index is 1.60. The molecule has 10 nitrogen and oxygen atoms in total. The third kappa shape index (κ3) is 10.0. The summed E-state index contributed by atoms with van der Waals surface area (Å²) in [6.07, 6.45) is 1.46. The molecule has 3 rings (SSSR count). The van der Waals surface area contributed by atoms with E-state index in [1.165, 1.54) is 0 Å². The van der Waals surface area contributed by atoms with Crippen LogP contribution in [0.1, 0.15) is 71.9 Å². The van der Waals surface area contributed by atoms with Crippen molar-refractivity contribution in [1.29, 1.82) is 0 Å². The standard InChI is InChI=1S/C31H44N4O6/c1-30(2,3)27(18-28(36)40-21-22-11-8-7-9-12-22)33-19-23-14-15-25(26(17-23)35(38)39)32-20-24-13-10-16-34(24)29(37)41-31(4,5)6/h7-9,11-12,14-15,17,24,27,32-33H,10,13,16,18-21H2,1-6H3/t24-,27-/m0/s1. The molecule has 0 spiro atoms. The molecule has 2 atom stereocenters. The molecule has 1 aliphatic rings. The van der Waals surface area contributed by atoms with Crippen LogP contribution in [0.25, 0.3) is 0 Å². The second-order valence-corrected chi connectivity index (χ2v) is 12.6. The SMILES string of the molecule is CC(C)(C)OC(=O)N1CCC[C@H]1CNc1ccc(CN[C@@H](CC(=O)OCc2ccccc2)C(C)(C)C)cc1[N+](=O)[O-]. The highest BCUT2D eigenvalue weighted by atomic mass is 16.6. The van der Waals surface area contributed by atoms with Crippen LogP contribution in [0, 0.1) is 15.5 Å². The first-order valence-electron chi connectivity index (χ1n) is 14.2. The van der Waals surface area contributed by atoms with Gasteiger partial charge >= 0.3 is 12.1 Å². The van der Waals surface area contributed by atoms with Crippen molar-refractivity contribution in [1.82, 2.24) is 10.2 Å². The monoisotopic (exact) mass is 568 g/mol. The molecule has 0 saturated carbocycles. The summed E-state index contributed by atoms with van der Waals surface area (Å²) in [5.74, 6) is -0.306. The largest absolute Gasteiger partial charge is 0.461 e. The molecule has 1 fully saturated rings. The lowest BCUT2D eigenvalue weighted by Gasteiger charge is -2.31. The van der Waals surface area contributed by atoms with Crippen LogP contribution < -0.4 is 10.6 Å². The fourth-order valence-corrected chi connectivity index (χ4v) is 4.71. The summed E-state index contributed by atoms with van der Waals surface area (Å²) in [7, 11) is 0. The second kappa shape index (κ2) is 13.8. The number of carbonyl (C=O) groups excluding carboxylic acids is 2. The molecule has 10 heteroatoms. The number of amides is 1. The lowest BCUT2D eigenvalue weighted by Crippen LogP contribution is -2.42. The molecular formula is C31H44N4O6. The first-order valence-corrected chi connectivity index (χ1v) is 14.2. The predicted octanol–water partition coefficient (Wildman–Crippen LogP) is 6.04. The van der Waals surface area contributed by atoms with Gasteiger partial charge in [0.05, 0.1) is 17.4 Å². The van der Waals surface area contributed by atoms with Gasteiger partial charge in [0.25, 0.3) is 5.69 Å². The van der Waals surface area contributed by atoms with Gasteiger partial charge in [-0.1, -0.05) is 57.2 Å². The highest BCUT2D eigenvalue weighted by Crippen LogP contribution is 2.28. The summed E-state index contributed by atoms with van der Waals surface area (Å²) < 4.78 is 11.0. The van der Waals surface area contributed by atoms with Gasteiger partial charge in [0.15, 0.2) is 0 Å². The zero-order valence-electron chi connectivity index (χ0n) is 25.1. The Hall–Kier alpha value is -3.66. The lowest BCUT2D eigenvalue weighted by molar-refractivity contribution is -0.384. The van der Waals surface area contributed by atoms with E-state index in [0.29, 0.717) is 25.3 Å². The summed E-state index contributed by atoms with van der Waals surface area (Å²) in [6, 6.07) is 14.3. The number of likely N-dealkylation sites (tertiary alicyclic amines) is 1. The van der Waals surface area contributed by atoms with E-state index < -0.39 is 10.5 Å². The van der Waals surface area contributed by atoms with Gasteiger partial charge in [-0.05, 0) is 56.2 Å². The summed E-state index contributed by atoms with van der Waals surface area (Å²) in [4.78, 5) is 38.4. The first-order chi connectivity index (χ1) is 19.2. The number of nitro groups is 1. The number of nitrogens with one attached hydrogen (secondary N) is 2. The van der Waals surface area contributed by atoms with Gasteiger partial charge < -0.3 is 25.0 Å². The van der Waals surface area contributed by atoms with Crippen LogP contribution in [0.3, 0.4) is 0 Å². The second-order valence-electron chi connectivity index (χ2n) is 12.6. The molecule has 2 aromatic rings. The molecule has 2 aromatic carbocycles. The van der Waals surface area contributed by atoms with Gasteiger partial charge in [0.2, 0.25) is 0 Å². The summed E-state index contributed by atoms with van der Waals surface area (Å²) >= 11 is 0. The maximum atomic E-state index is 12.6. The number of hydrogen-bond donors (Lipinski definition) is 2. The van der Waals surface area contributed by atoms with Gasteiger partial charge in [-0.3, -0.25) is 14.9 Å². The molecule has 0 aromatic heterocycles. The van der Waals surface area contributed by atoms with Gasteiger partial charge in [-0.2, -0.15) is 0 Å². The van der Waals surface area contributed by atoms with Crippen LogP contribution in [-0.4, -0.2) is 52.7 Å². The van der Waals surface area contributed by atoms with Crippen molar-refractivity contribution in [2.24, 2.45) is 5.41 Å². The minimum absolute atomic E-state index is 0.0410. The highest BCUT2D eigenvalue weighted by molar-refractivity contribution is 5.70. The number of nitro benzene ring substituents is 1. The van der Waals surface area contributed by atoms with Crippen molar-refractivity contribution >= 4 is 23.4 Å². The van der Waals surface area contributed by atoms with Crippen molar-refractivity contribution in [3.63, 3.8) is 0 Å². The van der Waals surface area contributed by atoms with Crippen LogP contribution in [0.4, 0.5) is 16.2 Å². The van der Waals surface area contributed by atoms with Crippen molar-refractivity contribution in [3.8, 4) is 0 Å². The lowest BCUT2D eigenvalue weighted by atomic mass is 9.84. The fourth-order valence-electron chi connectivity index (χ4n) is 4.71. The fraction of sp³-hybridized carbons (Fsp3) is 0.548. The van der Waals surface area contributed by atoms with E-state index >= 15 is 0 Å². The Labute approximate surface area is 242 Å². The molecular weight excluding hydrogens is 524 g/mol. The van der Waals surface area contributed by atoms with Gasteiger partial charge in [0.1, 0.15) is 17.9 Å². The van der Waals surface area contributed by atoms with Gasteiger partial charge in [-0.15, -0.1) is 0 Å². The molecule has 1 amide bonds. The van der Waals surface area contributed by atoms with Crippen LogP contribution in [0.2, 0.25) is 0 Å². The quantitative estimate of drug-likeness (QED) is 0.191. The zero-order valence-corrected chi connectivity index (χ0v) is 25.1.